The van der Waals surface area contributed by atoms with E-state index in [0.717, 1.165) is 24.3 Å². The summed E-state index contributed by atoms with van der Waals surface area (Å²) in [5.41, 5.74) is 1.16. The molecule has 0 aliphatic carbocycles. The number of halogens is 1. The van der Waals surface area contributed by atoms with E-state index in [1.165, 1.54) is 0 Å². The Morgan fingerprint density at radius 1 is 1.20 bits per heavy atom. The van der Waals surface area contributed by atoms with Gasteiger partial charge < -0.3 is 5.32 Å². The molecule has 0 unspecified atom stereocenters. The molecule has 0 atom stereocenters. The molecule has 1 spiro atoms. The molecule has 6 heteroatoms. The zero-order valence-corrected chi connectivity index (χ0v) is 12.1. The van der Waals surface area contributed by atoms with Crippen molar-refractivity contribution in [3.05, 3.63) is 29.8 Å². The highest BCUT2D eigenvalue weighted by Gasteiger charge is 2.53. The third-order valence-electron chi connectivity index (χ3n) is 3.96. The second kappa shape index (κ2) is 5.42. The fraction of sp³-hybridized carbons (Fsp3) is 0.429. The Kier molecular flexibility index (Phi) is 4.01. The lowest BCUT2D eigenvalue weighted by molar-refractivity contribution is -0.124. The van der Waals surface area contributed by atoms with E-state index in [-0.39, 0.29) is 24.3 Å². The van der Waals surface area contributed by atoms with Gasteiger partial charge >= 0.3 is 6.03 Å². The van der Waals surface area contributed by atoms with Crippen LogP contribution in [-0.2, 0) is 4.79 Å². The highest BCUT2D eigenvalue weighted by Crippen LogP contribution is 2.35. The van der Waals surface area contributed by atoms with Crippen molar-refractivity contribution in [2.45, 2.75) is 25.3 Å². The van der Waals surface area contributed by atoms with Crippen LogP contribution in [-0.4, -0.2) is 30.6 Å². The molecule has 2 N–H and O–H groups in total. The fourth-order valence-corrected chi connectivity index (χ4v) is 2.99. The molecule has 2 fully saturated rings. The smallest absolute Gasteiger partial charge is 0.317 e. The third-order valence-corrected chi connectivity index (χ3v) is 3.96. The molecule has 3 rings (SSSR count). The number of benzene rings is 1. The number of aryl methyl sites for hydroxylation is 1. The molecule has 0 bridgehead atoms. The maximum absolute atomic E-state index is 12.2. The van der Waals surface area contributed by atoms with Crippen LogP contribution in [0.25, 0.3) is 0 Å². The van der Waals surface area contributed by atoms with Gasteiger partial charge in [-0.05, 0) is 50.6 Å². The number of imide groups is 1. The molecule has 108 valence electrons. The molecule has 2 heterocycles. The van der Waals surface area contributed by atoms with E-state index in [0.29, 0.717) is 12.8 Å². The van der Waals surface area contributed by atoms with Crippen LogP contribution in [0, 0.1) is 6.92 Å². The number of rotatable bonds is 1. The number of nitrogens with one attached hydrogen (secondary N) is 2. The molecule has 2 saturated heterocycles. The average molecular weight is 296 g/mol. The Bertz CT molecular complexity index is 541. The lowest BCUT2D eigenvalue weighted by atomic mass is 9.86. The summed E-state index contributed by atoms with van der Waals surface area (Å²) in [7, 11) is 0. The minimum atomic E-state index is -0.712. The van der Waals surface area contributed by atoms with E-state index in [1.807, 2.05) is 31.2 Å². The van der Waals surface area contributed by atoms with Crippen LogP contribution in [0.3, 0.4) is 0 Å². The minimum absolute atomic E-state index is 0. The molecular formula is C14H18ClN3O2. The van der Waals surface area contributed by atoms with Crippen LogP contribution in [0.4, 0.5) is 10.5 Å². The van der Waals surface area contributed by atoms with Crippen molar-refractivity contribution in [1.82, 2.24) is 10.6 Å². The van der Waals surface area contributed by atoms with Gasteiger partial charge in [-0.1, -0.05) is 12.1 Å². The summed E-state index contributed by atoms with van der Waals surface area (Å²) < 4.78 is 0. The van der Waals surface area contributed by atoms with Crippen molar-refractivity contribution in [3.8, 4) is 0 Å². The van der Waals surface area contributed by atoms with Crippen LogP contribution < -0.4 is 15.5 Å². The fourth-order valence-electron chi connectivity index (χ4n) is 2.99. The van der Waals surface area contributed by atoms with Crippen LogP contribution >= 0.6 is 12.4 Å². The van der Waals surface area contributed by atoms with Gasteiger partial charge in [0, 0.05) is 5.69 Å². The Balaban J connectivity index is 0.00000147. The molecule has 1 aromatic rings. The first-order chi connectivity index (χ1) is 9.13. The number of carbonyl (C=O) groups is 2. The van der Waals surface area contributed by atoms with Gasteiger partial charge in [0.2, 0.25) is 0 Å². The zero-order chi connectivity index (χ0) is 13.5. The lowest BCUT2D eigenvalue weighted by Gasteiger charge is -2.38. The Morgan fingerprint density at radius 3 is 2.55 bits per heavy atom. The molecule has 2 aliphatic heterocycles. The predicted molar refractivity (Wildman–Crippen MR) is 79.3 cm³/mol. The molecule has 0 saturated carbocycles. The molecule has 0 aromatic heterocycles. The van der Waals surface area contributed by atoms with Gasteiger partial charge in [0.25, 0.3) is 5.91 Å². The first kappa shape index (κ1) is 14.8. The summed E-state index contributed by atoms with van der Waals surface area (Å²) in [5, 5.41) is 5.70. The quantitative estimate of drug-likeness (QED) is 0.774. The van der Waals surface area contributed by atoms with Crippen LogP contribution in [0.2, 0.25) is 0 Å². The average Bonchev–Trinajstić information content (AvgIpc) is 2.62. The summed E-state index contributed by atoms with van der Waals surface area (Å²) >= 11 is 0. The van der Waals surface area contributed by atoms with Crippen LogP contribution in [0.15, 0.2) is 24.3 Å². The maximum Gasteiger partial charge on any atom is 0.329 e. The summed E-state index contributed by atoms with van der Waals surface area (Å²) in [5.74, 6) is -0.166. The van der Waals surface area contributed by atoms with Crippen LogP contribution in [0.1, 0.15) is 18.4 Å². The number of hydrogen-bond donors (Lipinski definition) is 2. The second-order valence-electron chi connectivity index (χ2n) is 5.22. The Morgan fingerprint density at radius 2 is 1.90 bits per heavy atom. The van der Waals surface area contributed by atoms with Crippen molar-refractivity contribution in [2.75, 3.05) is 18.0 Å². The highest BCUT2D eigenvalue weighted by atomic mass is 35.5. The maximum atomic E-state index is 12.2. The van der Waals surface area contributed by atoms with Gasteiger partial charge in [0.1, 0.15) is 5.54 Å². The number of piperidine rings is 1. The van der Waals surface area contributed by atoms with E-state index in [4.69, 9.17) is 0 Å². The van der Waals surface area contributed by atoms with Gasteiger partial charge in [-0.3, -0.25) is 15.0 Å². The van der Waals surface area contributed by atoms with Crippen molar-refractivity contribution in [3.63, 3.8) is 0 Å². The second-order valence-corrected chi connectivity index (χ2v) is 5.22. The number of hydrogen-bond acceptors (Lipinski definition) is 3. The van der Waals surface area contributed by atoms with E-state index in [2.05, 4.69) is 10.6 Å². The molecule has 0 radical (unpaired) electrons. The Labute approximate surface area is 124 Å². The van der Waals surface area contributed by atoms with Crippen molar-refractivity contribution in [2.24, 2.45) is 0 Å². The van der Waals surface area contributed by atoms with Gasteiger partial charge in [-0.25, -0.2) is 4.79 Å². The lowest BCUT2D eigenvalue weighted by Crippen LogP contribution is -2.56. The van der Waals surface area contributed by atoms with Crippen molar-refractivity contribution < 1.29 is 9.59 Å². The number of carbonyl (C=O) groups excluding carboxylic acids is 2. The predicted octanol–water partition coefficient (Wildman–Crippen LogP) is 1.60. The molecule has 2 aliphatic rings. The summed E-state index contributed by atoms with van der Waals surface area (Å²) in [6.07, 6.45) is 1.30. The summed E-state index contributed by atoms with van der Waals surface area (Å²) in [6.45, 7) is 3.49. The number of amides is 3. The number of nitrogens with zero attached hydrogens (tertiary/aromatic N) is 1. The normalized spacial score (nSPS) is 20.8. The minimum Gasteiger partial charge on any atom is -0.317 e. The molecule has 1 aromatic carbocycles. The monoisotopic (exact) mass is 295 g/mol. The first-order valence-corrected chi connectivity index (χ1v) is 6.56. The topological polar surface area (TPSA) is 61.4 Å². The van der Waals surface area contributed by atoms with E-state index < -0.39 is 5.54 Å². The van der Waals surface area contributed by atoms with Gasteiger partial charge in [0.15, 0.2) is 0 Å². The SMILES string of the molecule is Cc1cccc(N2C(=O)NC(=O)C23CCNCC3)c1.Cl. The summed E-state index contributed by atoms with van der Waals surface area (Å²) in [4.78, 5) is 26.0. The van der Waals surface area contributed by atoms with E-state index in [1.54, 1.807) is 4.90 Å². The molecular weight excluding hydrogens is 278 g/mol. The highest BCUT2D eigenvalue weighted by molar-refractivity contribution is 6.17. The third kappa shape index (κ3) is 2.17. The molecule has 3 amide bonds. The van der Waals surface area contributed by atoms with Crippen LogP contribution in [0.5, 0.6) is 0 Å². The number of urea groups is 1. The Hall–Kier alpha value is -1.59. The first-order valence-electron chi connectivity index (χ1n) is 6.56. The van der Waals surface area contributed by atoms with Crippen molar-refractivity contribution >= 4 is 30.0 Å². The van der Waals surface area contributed by atoms with E-state index >= 15 is 0 Å². The number of anilines is 1. The standard InChI is InChI=1S/C14H17N3O2.ClH/c1-10-3-2-4-11(9-10)17-13(19)16-12(18)14(17)5-7-15-8-6-14;/h2-4,9,15H,5-8H2,1H3,(H,16,18,19);1H. The molecule has 5 nitrogen and oxygen atoms in total. The van der Waals surface area contributed by atoms with Gasteiger partial charge in [-0.2, -0.15) is 0 Å². The molecule has 20 heavy (non-hydrogen) atoms. The van der Waals surface area contributed by atoms with Gasteiger partial charge in [0.05, 0.1) is 0 Å². The van der Waals surface area contributed by atoms with E-state index in [9.17, 15) is 9.59 Å². The zero-order valence-electron chi connectivity index (χ0n) is 11.3. The van der Waals surface area contributed by atoms with Crippen molar-refractivity contribution in [1.29, 1.82) is 0 Å². The van der Waals surface area contributed by atoms with Gasteiger partial charge in [-0.15, -0.1) is 12.4 Å². The largest absolute Gasteiger partial charge is 0.329 e. The summed E-state index contributed by atoms with van der Waals surface area (Å²) in [6, 6.07) is 7.42.